The second kappa shape index (κ2) is 14.0. The van der Waals surface area contributed by atoms with Crippen LogP contribution in [-0.4, -0.2) is 85.4 Å². The summed E-state index contributed by atoms with van der Waals surface area (Å²) >= 11 is -2.95. The average molecular weight is 707 g/mol. The number of piperazine rings is 1. The lowest BCUT2D eigenvalue weighted by Gasteiger charge is -2.36. The first-order valence-electron chi connectivity index (χ1n) is 15.9. The molecule has 0 spiro atoms. The average Bonchev–Trinajstić information content (AvgIpc) is 3.51. The summed E-state index contributed by atoms with van der Waals surface area (Å²) in [7, 11) is 0. The standard InChI is InChI=1S/C34H35F2N7O6S/c1-34(2,3)49-33(45)40-16-14-39(15-17-40)23-4-6-24(7-5-23)42-21-38-29-10-8-25(18-26(29)32(42)44)48-31-27(19-37)30(11-9-28(31)36)43(50(46)47)41-13-12-22(35)20-41/h4-11,18,21-22H,12-17,20H2,1-3H3,(H,46,47)/p-1/t22-/m1/s1. The molecule has 3 heterocycles. The molecule has 1 amide bonds. The Hall–Kier alpha value is -5.11. The number of hydrazine groups is 1. The first-order chi connectivity index (χ1) is 23.8. The molecule has 2 fully saturated rings. The zero-order valence-electron chi connectivity index (χ0n) is 27.5. The lowest BCUT2D eigenvalue weighted by atomic mass is 10.1. The normalized spacial score (nSPS) is 17.4. The highest BCUT2D eigenvalue weighted by Crippen LogP contribution is 2.37. The predicted octanol–water partition coefficient (Wildman–Crippen LogP) is 4.81. The summed E-state index contributed by atoms with van der Waals surface area (Å²) in [6.45, 7) is 7.58. The van der Waals surface area contributed by atoms with Crippen molar-refractivity contribution in [2.45, 2.75) is 39.0 Å². The van der Waals surface area contributed by atoms with E-state index in [0.717, 1.165) is 22.2 Å². The fourth-order valence-corrected chi connectivity index (χ4v) is 6.52. The summed E-state index contributed by atoms with van der Waals surface area (Å²) in [4.78, 5) is 34.3. The van der Waals surface area contributed by atoms with Crippen molar-refractivity contribution in [1.82, 2.24) is 19.5 Å². The Morgan fingerprint density at radius 1 is 1.06 bits per heavy atom. The van der Waals surface area contributed by atoms with Crippen molar-refractivity contribution in [3.05, 3.63) is 82.7 Å². The third-order valence-electron chi connectivity index (χ3n) is 8.29. The summed E-state index contributed by atoms with van der Waals surface area (Å²) in [6, 6.07) is 15.5. The van der Waals surface area contributed by atoms with Crippen LogP contribution in [0, 0.1) is 17.1 Å². The molecule has 3 aromatic carbocycles. The third-order valence-corrected chi connectivity index (χ3v) is 9.00. The molecule has 2 atom stereocenters. The first-order valence-corrected chi connectivity index (χ1v) is 16.9. The topological polar surface area (TPSA) is 147 Å². The number of anilines is 2. The Morgan fingerprint density at radius 3 is 2.38 bits per heavy atom. The van der Waals surface area contributed by atoms with Crippen molar-refractivity contribution in [1.29, 1.82) is 5.26 Å². The number of carbonyl (C=O) groups excluding carboxylic acids is 1. The molecule has 0 saturated carbocycles. The lowest BCUT2D eigenvalue weighted by Crippen LogP contribution is -2.50. The maximum atomic E-state index is 15.1. The lowest BCUT2D eigenvalue weighted by molar-refractivity contribution is 0.0240. The summed E-state index contributed by atoms with van der Waals surface area (Å²) in [5.74, 6) is -1.49. The van der Waals surface area contributed by atoms with Crippen molar-refractivity contribution in [2.75, 3.05) is 48.6 Å². The van der Waals surface area contributed by atoms with Gasteiger partial charge < -0.3 is 23.8 Å². The summed E-state index contributed by atoms with van der Waals surface area (Å²) in [5.41, 5.74) is 0.172. The zero-order valence-corrected chi connectivity index (χ0v) is 28.4. The Labute approximate surface area is 289 Å². The van der Waals surface area contributed by atoms with E-state index in [1.165, 1.54) is 34.1 Å². The molecule has 50 heavy (non-hydrogen) atoms. The van der Waals surface area contributed by atoms with Gasteiger partial charge in [-0.15, -0.1) is 0 Å². The second-order valence-corrected chi connectivity index (χ2v) is 13.6. The fraction of sp³-hybridized carbons (Fsp3) is 0.353. The molecule has 262 valence electrons. The molecule has 0 bridgehead atoms. The number of fused-ring (bicyclic) bond motifs is 1. The number of rotatable bonds is 7. The van der Waals surface area contributed by atoms with Crippen LogP contribution in [0.5, 0.6) is 11.5 Å². The third kappa shape index (κ3) is 7.25. The minimum Gasteiger partial charge on any atom is -0.754 e. The van der Waals surface area contributed by atoms with E-state index in [9.17, 15) is 28.0 Å². The SMILES string of the molecule is CC(C)(C)OC(=O)N1CCN(c2ccc(-n3cnc4ccc(Oc5c(F)ccc(N(N6CC[C@@H](F)C6)S(=O)[O-])c5C#N)cc4c3=O)cc2)CC1. The molecule has 1 aromatic heterocycles. The Balaban J connectivity index is 1.23. The van der Waals surface area contributed by atoms with E-state index in [1.54, 1.807) is 17.0 Å². The van der Waals surface area contributed by atoms with E-state index in [0.29, 0.717) is 37.4 Å². The molecule has 13 nitrogen and oxygen atoms in total. The maximum Gasteiger partial charge on any atom is 0.410 e. The highest BCUT2D eigenvalue weighted by Gasteiger charge is 2.31. The monoisotopic (exact) mass is 706 g/mol. The molecular weight excluding hydrogens is 672 g/mol. The van der Waals surface area contributed by atoms with Crippen LogP contribution in [0.1, 0.15) is 32.8 Å². The van der Waals surface area contributed by atoms with Gasteiger partial charge in [-0.25, -0.2) is 28.0 Å². The number of carbonyl (C=O) groups is 1. The molecule has 1 unspecified atom stereocenters. The molecule has 0 radical (unpaired) electrons. The quantitative estimate of drug-likeness (QED) is 0.246. The maximum absolute atomic E-state index is 15.1. The molecular formula is C34H34F2N7O6S-. The largest absolute Gasteiger partial charge is 0.754 e. The number of hydrogen-bond acceptors (Lipinski definition) is 10. The number of benzene rings is 3. The summed E-state index contributed by atoms with van der Waals surface area (Å²) in [6.07, 6.45) is -0.104. The van der Waals surface area contributed by atoms with Gasteiger partial charge in [0.1, 0.15) is 35.5 Å². The van der Waals surface area contributed by atoms with Crippen molar-refractivity contribution in [3.8, 4) is 23.3 Å². The van der Waals surface area contributed by atoms with Crippen LogP contribution in [0.25, 0.3) is 16.6 Å². The van der Waals surface area contributed by atoms with Gasteiger partial charge in [0.25, 0.3) is 5.56 Å². The van der Waals surface area contributed by atoms with E-state index in [2.05, 4.69) is 9.88 Å². The first kappa shape index (κ1) is 34.7. The van der Waals surface area contributed by atoms with Gasteiger partial charge in [-0.3, -0.25) is 13.6 Å². The molecule has 2 aliphatic heterocycles. The van der Waals surface area contributed by atoms with Gasteiger partial charge in [-0.2, -0.15) is 5.26 Å². The molecule has 2 saturated heterocycles. The van der Waals surface area contributed by atoms with Crippen LogP contribution in [-0.2, 0) is 16.0 Å². The van der Waals surface area contributed by atoms with Gasteiger partial charge in [0.2, 0.25) is 0 Å². The molecule has 0 N–H and O–H groups in total. The highest BCUT2D eigenvalue weighted by atomic mass is 32.2. The molecule has 2 aliphatic rings. The number of amides is 1. The number of hydrogen-bond donors (Lipinski definition) is 0. The van der Waals surface area contributed by atoms with Crippen LogP contribution in [0.4, 0.5) is 25.0 Å². The Kier molecular flexibility index (Phi) is 9.74. The van der Waals surface area contributed by atoms with Gasteiger partial charge in [0, 0.05) is 38.4 Å². The van der Waals surface area contributed by atoms with Crippen LogP contribution in [0.2, 0.25) is 0 Å². The minimum absolute atomic E-state index is 0.00219. The molecule has 6 rings (SSSR count). The van der Waals surface area contributed by atoms with Gasteiger partial charge in [0.05, 0.1) is 40.1 Å². The van der Waals surface area contributed by atoms with Gasteiger partial charge in [0.15, 0.2) is 11.6 Å². The zero-order chi connectivity index (χ0) is 35.7. The second-order valence-electron chi connectivity index (χ2n) is 12.8. The molecule has 4 aromatic rings. The van der Waals surface area contributed by atoms with E-state index in [4.69, 9.17) is 9.47 Å². The number of ether oxygens (including phenoxy) is 2. The van der Waals surface area contributed by atoms with E-state index >= 15 is 4.39 Å². The summed E-state index contributed by atoms with van der Waals surface area (Å²) in [5, 5.41) is 11.3. The number of aromatic nitrogens is 2. The fourth-order valence-electron chi connectivity index (χ4n) is 5.87. The van der Waals surface area contributed by atoms with Crippen LogP contribution < -0.4 is 19.6 Å². The smallest absolute Gasteiger partial charge is 0.410 e. The predicted molar refractivity (Wildman–Crippen MR) is 181 cm³/mol. The van der Waals surface area contributed by atoms with Crippen molar-refractivity contribution in [2.24, 2.45) is 0 Å². The molecule has 16 heteroatoms. The number of nitrogens with zero attached hydrogens (tertiary/aromatic N) is 7. The Bertz CT molecular complexity index is 2040. The Morgan fingerprint density at radius 2 is 1.76 bits per heavy atom. The van der Waals surface area contributed by atoms with Crippen LogP contribution in [0.3, 0.4) is 0 Å². The van der Waals surface area contributed by atoms with Crippen molar-refractivity contribution >= 4 is 39.6 Å². The number of nitriles is 1. The van der Waals surface area contributed by atoms with Crippen LogP contribution in [0.15, 0.2) is 65.7 Å². The molecule has 0 aliphatic carbocycles. The minimum atomic E-state index is -2.95. The van der Waals surface area contributed by atoms with E-state index < -0.39 is 45.7 Å². The van der Waals surface area contributed by atoms with Gasteiger partial charge in [-0.05, 0) is 81.8 Å². The van der Waals surface area contributed by atoms with Crippen molar-refractivity contribution in [3.63, 3.8) is 0 Å². The highest BCUT2D eigenvalue weighted by molar-refractivity contribution is 7.80. The van der Waals surface area contributed by atoms with Gasteiger partial charge in [-0.1, -0.05) is 0 Å². The van der Waals surface area contributed by atoms with Crippen LogP contribution >= 0.6 is 0 Å². The van der Waals surface area contributed by atoms with E-state index in [-0.39, 0.29) is 42.4 Å². The van der Waals surface area contributed by atoms with E-state index in [1.807, 2.05) is 39.0 Å². The number of alkyl halides is 1. The van der Waals surface area contributed by atoms with Crippen molar-refractivity contribution < 1.29 is 31.8 Å². The number of halogens is 2. The summed E-state index contributed by atoms with van der Waals surface area (Å²) < 4.78 is 66.8. The van der Waals surface area contributed by atoms with Gasteiger partial charge >= 0.3 is 6.09 Å².